The van der Waals surface area contributed by atoms with Crippen molar-refractivity contribution in [3.8, 4) is 0 Å². The second-order valence-corrected chi connectivity index (χ2v) is 7.59. The molecule has 1 aliphatic carbocycles. The van der Waals surface area contributed by atoms with E-state index < -0.39 is 0 Å². The summed E-state index contributed by atoms with van der Waals surface area (Å²) in [4.78, 5) is 22.3. The molecular weight excluding hydrogens is 324 g/mol. The van der Waals surface area contributed by atoms with Gasteiger partial charge in [0, 0.05) is 25.2 Å². The van der Waals surface area contributed by atoms with Crippen molar-refractivity contribution in [1.82, 2.24) is 19.9 Å². The Morgan fingerprint density at radius 3 is 2.88 bits per heavy atom. The van der Waals surface area contributed by atoms with Gasteiger partial charge in [0.1, 0.15) is 11.3 Å². The molecule has 138 valence electrons. The summed E-state index contributed by atoms with van der Waals surface area (Å²) < 4.78 is 2.22. The lowest BCUT2D eigenvalue weighted by molar-refractivity contribution is 0.0955. The number of rotatable bonds is 4. The summed E-state index contributed by atoms with van der Waals surface area (Å²) in [5, 5.41) is 3.10. The van der Waals surface area contributed by atoms with Crippen molar-refractivity contribution in [3.63, 3.8) is 0 Å². The molecule has 0 fully saturated rings. The summed E-state index contributed by atoms with van der Waals surface area (Å²) in [5.41, 5.74) is 4.68. The van der Waals surface area contributed by atoms with Crippen LogP contribution in [-0.4, -0.2) is 27.0 Å². The summed E-state index contributed by atoms with van der Waals surface area (Å²) in [6.45, 7) is 3.61. The van der Waals surface area contributed by atoms with Gasteiger partial charge in [-0.15, -0.1) is 0 Å². The Balaban J connectivity index is 1.55. The molecule has 0 unspecified atom stereocenters. The average Bonchev–Trinajstić information content (AvgIpc) is 2.83. The zero-order chi connectivity index (χ0) is 17.9. The molecule has 5 nitrogen and oxygen atoms in total. The third-order valence-electron chi connectivity index (χ3n) is 5.55. The molecule has 26 heavy (non-hydrogen) atoms. The monoisotopic (exact) mass is 352 g/mol. The van der Waals surface area contributed by atoms with Crippen LogP contribution in [0.25, 0.3) is 11.2 Å². The number of imidazole rings is 1. The minimum Gasteiger partial charge on any atom is -0.352 e. The van der Waals surface area contributed by atoms with Crippen LogP contribution in [-0.2, 0) is 13.0 Å². The maximum atomic E-state index is 12.8. The van der Waals surface area contributed by atoms with Crippen LogP contribution in [0.3, 0.4) is 0 Å². The molecule has 0 spiro atoms. The van der Waals surface area contributed by atoms with Crippen LogP contribution in [0.1, 0.15) is 73.2 Å². The second-order valence-electron chi connectivity index (χ2n) is 7.59. The van der Waals surface area contributed by atoms with Gasteiger partial charge in [-0.3, -0.25) is 4.79 Å². The molecule has 0 saturated carbocycles. The molecule has 2 aromatic heterocycles. The molecule has 1 amide bonds. The van der Waals surface area contributed by atoms with E-state index in [-0.39, 0.29) is 5.91 Å². The van der Waals surface area contributed by atoms with Gasteiger partial charge in [0.25, 0.3) is 5.91 Å². The summed E-state index contributed by atoms with van der Waals surface area (Å²) in [6.07, 6.45) is 12.8. The van der Waals surface area contributed by atoms with E-state index in [2.05, 4.69) is 16.0 Å². The lowest BCUT2D eigenvalue weighted by Crippen LogP contribution is -2.25. The average molecular weight is 352 g/mol. The first-order valence-corrected chi connectivity index (χ1v) is 10.1. The molecule has 0 bridgehead atoms. The van der Waals surface area contributed by atoms with Crippen LogP contribution in [0.5, 0.6) is 0 Å². The van der Waals surface area contributed by atoms with E-state index >= 15 is 0 Å². The highest BCUT2D eigenvalue weighted by Crippen LogP contribution is 2.24. The number of hydrogen-bond donors (Lipinski definition) is 1. The molecule has 4 rings (SSSR count). The third kappa shape index (κ3) is 3.53. The van der Waals surface area contributed by atoms with Crippen molar-refractivity contribution in [2.24, 2.45) is 0 Å². The topological polar surface area (TPSA) is 59.8 Å². The quantitative estimate of drug-likeness (QED) is 0.843. The van der Waals surface area contributed by atoms with Crippen LogP contribution in [0.2, 0.25) is 0 Å². The van der Waals surface area contributed by atoms with Gasteiger partial charge in [-0.25, -0.2) is 9.97 Å². The molecule has 0 atom stereocenters. The molecule has 2 aliphatic rings. The molecule has 0 saturated heterocycles. The number of aromatic nitrogens is 3. The lowest BCUT2D eigenvalue weighted by Gasteiger charge is -2.13. The van der Waals surface area contributed by atoms with Crippen molar-refractivity contribution in [3.05, 3.63) is 34.8 Å². The van der Waals surface area contributed by atoms with Crippen molar-refractivity contribution in [2.45, 2.75) is 71.3 Å². The highest BCUT2D eigenvalue weighted by atomic mass is 16.1. The Bertz CT molecular complexity index is 849. The van der Waals surface area contributed by atoms with Gasteiger partial charge in [-0.05, 0) is 57.9 Å². The van der Waals surface area contributed by atoms with Crippen molar-refractivity contribution in [2.75, 3.05) is 6.54 Å². The first kappa shape index (κ1) is 17.3. The Hall–Kier alpha value is -2.17. The normalized spacial score (nSPS) is 17.5. The fraction of sp³-hybridized carbons (Fsp3) is 0.571. The zero-order valence-electron chi connectivity index (χ0n) is 15.7. The minimum absolute atomic E-state index is 0.0230. The number of fused-ring (bicyclic) bond motifs is 3. The summed E-state index contributed by atoms with van der Waals surface area (Å²) in [5.74, 6) is 1.06. The standard InChI is InChI=1S/C21H28N4O/c1-15-14-17(21(26)22-12-11-16-8-4-2-5-9-16)19-20(23-15)25-13-7-3-6-10-18(25)24-19/h8,14H,2-7,9-13H2,1H3,(H,22,26). The smallest absolute Gasteiger partial charge is 0.253 e. The maximum absolute atomic E-state index is 12.8. The number of amides is 1. The van der Waals surface area contributed by atoms with Gasteiger partial charge in [-0.2, -0.15) is 0 Å². The van der Waals surface area contributed by atoms with E-state index in [1.54, 1.807) is 0 Å². The lowest BCUT2D eigenvalue weighted by atomic mass is 9.97. The highest BCUT2D eigenvalue weighted by molar-refractivity contribution is 6.04. The first-order valence-electron chi connectivity index (χ1n) is 10.1. The Labute approximate surface area is 154 Å². The number of nitrogens with one attached hydrogen (secondary N) is 1. The molecule has 3 heterocycles. The van der Waals surface area contributed by atoms with E-state index in [4.69, 9.17) is 9.97 Å². The van der Waals surface area contributed by atoms with Gasteiger partial charge in [-0.1, -0.05) is 18.1 Å². The zero-order valence-corrected chi connectivity index (χ0v) is 15.7. The van der Waals surface area contributed by atoms with Gasteiger partial charge in [0.05, 0.1) is 5.56 Å². The van der Waals surface area contributed by atoms with Crippen molar-refractivity contribution < 1.29 is 4.79 Å². The summed E-state index contributed by atoms with van der Waals surface area (Å²) in [7, 11) is 0. The highest BCUT2D eigenvalue weighted by Gasteiger charge is 2.20. The van der Waals surface area contributed by atoms with Crippen LogP contribution in [0.15, 0.2) is 17.7 Å². The van der Waals surface area contributed by atoms with Gasteiger partial charge in [0.15, 0.2) is 5.65 Å². The van der Waals surface area contributed by atoms with Gasteiger partial charge in [0.2, 0.25) is 0 Å². The molecule has 0 aromatic carbocycles. The van der Waals surface area contributed by atoms with Crippen LogP contribution < -0.4 is 5.32 Å². The number of carbonyl (C=O) groups excluding carboxylic acids is 1. The number of allylic oxidation sites excluding steroid dienone is 1. The minimum atomic E-state index is -0.0230. The van der Waals surface area contributed by atoms with Gasteiger partial charge < -0.3 is 9.88 Å². The van der Waals surface area contributed by atoms with Crippen molar-refractivity contribution >= 4 is 17.1 Å². The fourth-order valence-corrected chi connectivity index (χ4v) is 4.15. The van der Waals surface area contributed by atoms with Gasteiger partial charge >= 0.3 is 0 Å². The Morgan fingerprint density at radius 2 is 2.04 bits per heavy atom. The fourth-order valence-electron chi connectivity index (χ4n) is 4.15. The molecule has 0 radical (unpaired) electrons. The molecule has 1 N–H and O–H groups in total. The van der Waals surface area contributed by atoms with E-state index in [0.717, 1.165) is 48.5 Å². The van der Waals surface area contributed by atoms with E-state index in [1.807, 2.05) is 13.0 Å². The number of nitrogens with zero attached hydrogens (tertiary/aromatic N) is 3. The molecule has 1 aliphatic heterocycles. The second kappa shape index (κ2) is 7.60. The van der Waals surface area contributed by atoms with Crippen LogP contribution in [0.4, 0.5) is 0 Å². The number of carbonyl (C=O) groups is 1. The van der Waals surface area contributed by atoms with Crippen LogP contribution in [0, 0.1) is 6.92 Å². The first-order chi connectivity index (χ1) is 12.7. The SMILES string of the molecule is Cc1cc(C(=O)NCCC2=CCCCC2)c2nc3n(c2n1)CCCCC3. The number of pyridine rings is 1. The van der Waals surface area contributed by atoms with E-state index in [1.165, 1.54) is 44.1 Å². The van der Waals surface area contributed by atoms with Crippen LogP contribution >= 0.6 is 0 Å². The number of aryl methyl sites for hydroxylation is 3. The summed E-state index contributed by atoms with van der Waals surface area (Å²) >= 11 is 0. The maximum Gasteiger partial charge on any atom is 0.253 e. The largest absolute Gasteiger partial charge is 0.352 e. The van der Waals surface area contributed by atoms with Crippen molar-refractivity contribution in [1.29, 1.82) is 0 Å². The summed E-state index contributed by atoms with van der Waals surface area (Å²) in [6, 6.07) is 1.88. The van der Waals surface area contributed by atoms with E-state index in [0.29, 0.717) is 12.1 Å². The Morgan fingerprint density at radius 1 is 1.15 bits per heavy atom. The number of hydrogen-bond acceptors (Lipinski definition) is 3. The van der Waals surface area contributed by atoms with E-state index in [9.17, 15) is 4.79 Å². The predicted molar refractivity (Wildman–Crippen MR) is 103 cm³/mol. The third-order valence-corrected chi connectivity index (χ3v) is 5.55. The molecule has 5 heteroatoms. The molecule has 2 aromatic rings. The predicted octanol–water partition coefficient (Wildman–Crippen LogP) is 4.09. The Kier molecular flexibility index (Phi) is 5.05. The molecular formula is C21H28N4O.